The average Bonchev–Trinajstić information content (AvgIpc) is 3.13. The molecule has 0 N–H and O–H groups in total. The zero-order valence-corrected chi connectivity index (χ0v) is 15.3. The van der Waals surface area contributed by atoms with Crippen molar-refractivity contribution in [1.82, 2.24) is 19.2 Å². The zero-order chi connectivity index (χ0) is 18.4. The van der Waals surface area contributed by atoms with E-state index in [1.807, 2.05) is 59.7 Å². The van der Waals surface area contributed by atoms with Gasteiger partial charge in [0.1, 0.15) is 5.65 Å². The number of aromatic nitrogens is 4. The largest absolute Gasteiger partial charge is 0.304 e. The van der Waals surface area contributed by atoms with Crippen LogP contribution in [0.2, 0.25) is 0 Å². The van der Waals surface area contributed by atoms with Crippen molar-refractivity contribution in [2.75, 3.05) is 0 Å². The van der Waals surface area contributed by atoms with Crippen LogP contribution in [0.5, 0.6) is 0 Å². The van der Waals surface area contributed by atoms with Crippen molar-refractivity contribution in [2.24, 2.45) is 7.05 Å². The molecule has 5 heteroatoms. The van der Waals surface area contributed by atoms with Crippen LogP contribution in [0.3, 0.4) is 0 Å². The molecule has 0 saturated carbocycles. The first kappa shape index (κ1) is 16.3. The molecule has 26 heavy (non-hydrogen) atoms. The molecule has 4 aromatic rings. The second-order valence-corrected chi connectivity index (χ2v) is 6.59. The zero-order valence-electron chi connectivity index (χ0n) is 15.3. The average molecular weight is 344 g/mol. The van der Waals surface area contributed by atoms with Crippen LogP contribution in [-0.4, -0.2) is 24.9 Å². The fourth-order valence-electron chi connectivity index (χ4n) is 3.43. The van der Waals surface area contributed by atoms with E-state index < -0.39 is 0 Å². The van der Waals surface area contributed by atoms with Crippen LogP contribution in [-0.2, 0) is 7.05 Å². The van der Waals surface area contributed by atoms with Crippen LogP contribution in [0.1, 0.15) is 28.7 Å². The minimum absolute atomic E-state index is 0.0427. The Hall–Kier alpha value is -3.21. The molecule has 0 radical (unpaired) electrons. The second-order valence-electron chi connectivity index (χ2n) is 6.59. The Kier molecular flexibility index (Phi) is 3.72. The Morgan fingerprint density at radius 1 is 1.04 bits per heavy atom. The predicted molar refractivity (Wildman–Crippen MR) is 102 cm³/mol. The van der Waals surface area contributed by atoms with Gasteiger partial charge in [0.15, 0.2) is 5.78 Å². The third kappa shape index (κ3) is 2.52. The van der Waals surface area contributed by atoms with Crippen LogP contribution < -0.4 is 0 Å². The fourth-order valence-corrected chi connectivity index (χ4v) is 3.43. The molecular formula is C21H20N4O. The van der Waals surface area contributed by atoms with Gasteiger partial charge in [-0.05, 0) is 38.5 Å². The maximum atomic E-state index is 11.7. The second kappa shape index (κ2) is 5.95. The van der Waals surface area contributed by atoms with E-state index >= 15 is 0 Å². The van der Waals surface area contributed by atoms with E-state index in [9.17, 15) is 4.79 Å². The molecule has 0 fully saturated rings. The van der Waals surface area contributed by atoms with E-state index in [0.717, 1.165) is 39.4 Å². The standard InChI is InChI=1S/C21H20N4O/c1-13-19(12-24(4)23-13)17-7-5-6-8-18(17)21-14(2)25-10-9-16(15(3)26)11-20(25)22-21/h5-12H,1-4H3. The van der Waals surface area contributed by atoms with E-state index in [0.29, 0.717) is 5.56 Å². The van der Waals surface area contributed by atoms with Gasteiger partial charge < -0.3 is 4.40 Å². The van der Waals surface area contributed by atoms with Gasteiger partial charge >= 0.3 is 0 Å². The molecule has 0 aliphatic heterocycles. The Balaban J connectivity index is 1.95. The quantitative estimate of drug-likeness (QED) is 0.523. The third-order valence-corrected chi connectivity index (χ3v) is 4.76. The number of ketones is 1. The molecule has 0 aliphatic rings. The van der Waals surface area contributed by atoms with E-state index in [1.54, 1.807) is 6.92 Å². The molecule has 1 aromatic carbocycles. The molecule has 0 aliphatic carbocycles. The lowest BCUT2D eigenvalue weighted by Crippen LogP contribution is -1.95. The maximum absolute atomic E-state index is 11.7. The number of aryl methyl sites for hydroxylation is 3. The highest BCUT2D eigenvalue weighted by atomic mass is 16.1. The topological polar surface area (TPSA) is 52.2 Å². The Labute approximate surface area is 151 Å². The molecule has 0 unspecified atom stereocenters. The SMILES string of the molecule is CC(=O)c1ccn2c(C)c(-c3ccccc3-c3cn(C)nc3C)nc2c1. The molecule has 0 atom stereocenters. The molecule has 5 nitrogen and oxygen atoms in total. The first-order valence-corrected chi connectivity index (χ1v) is 8.55. The Morgan fingerprint density at radius 3 is 2.42 bits per heavy atom. The van der Waals surface area contributed by atoms with Gasteiger partial charge in [0.05, 0.1) is 11.4 Å². The molecule has 0 bridgehead atoms. The van der Waals surface area contributed by atoms with Gasteiger partial charge in [-0.3, -0.25) is 9.48 Å². The van der Waals surface area contributed by atoms with Gasteiger partial charge in [0.2, 0.25) is 0 Å². The summed E-state index contributed by atoms with van der Waals surface area (Å²) in [5.41, 5.74) is 7.68. The van der Waals surface area contributed by atoms with Gasteiger partial charge in [-0.25, -0.2) is 4.98 Å². The first-order valence-electron chi connectivity index (χ1n) is 8.55. The molecule has 3 heterocycles. The van der Waals surface area contributed by atoms with Gasteiger partial charge in [0.25, 0.3) is 0 Å². The molecule has 130 valence electrons. The molecule has 0 spiro atoms. The monoisotopic (exact) mass is 344 g/mol. The number of hydrogen-bond donors (Lipinski definition) is 0. The normalized spacial score (nSPS) is 11.2. The number of nitrogens with zero attached hydrogens (tertiary/aromatic N) is 4. The molecule has 3 aromatic heterocycles. The summed E-state index contributed by atoms with van der Waals surface area (Å²) in [4.78, 5) is 16.5. The van der Waals surface area contributed by atoms with Gasteiger partial charge in [-0.2, -0.15) is 5.10 Å². The number of rotatable bonds is 3. The lowest BCUT2D eigenvalue weighted by molar-refractivity contribution is 0.101. The van der Waals surface area contributed by atoms with Crippen LogP contribution in [0.4, 0.5) is 0 Å². The Bertz CT molecular complexity index is 1150. The summed E-state index contributed by atoms with van der Waals surface area (Å²) in [5.74, 6) is 0.0427. The minimum atomic E-state index is 0.0427. The first-order chi connectivity index (χ1) is 12.5. The van der Waals surface area contributed by atoms with Crippen molar-refractivity contribution in [3.05, 3.63) is 65.7 Å². The number of fused-ring (bicyclic) bond motifs is 1. The van der Waals surface area contributed by atoms with E-state index in [1.165, 1.54) is 0 Å². The van der Waals surface area contributed by atoms with Crippen molar-refractivity contribution < 1.29 is 4.79 Å². The number of carbonyl (C=O) groups is 1. The molecular weight excluding hydrogens is 324 g/mol. The Morgan fingerprint density at radius 2 is 1.77 bits per heavy atom. The van der Waals surface area contributed by atoms with Crippen molar-refractivity contribution in [1.29, 1.82) is 0 Å². The number of hydrogen-bond acceptors (Lipinski definition) is 3. The van der Waals surface area contributed by atoms with E-state index in [4.69, 9.17) is 4.98 Å². The summed E-state index contributed by atoms with van der Waals surface area (Å²) in [6.45, 7) is 5.64. The minimum Gasteiger partial charge on any atom is -0.304 e. The summed E-state index contributed by atoms with van der Waals surface area (Å²) in [5, 5.41) is 4.47. The highest BCUT2D eigenvalue weighted by Crippen LogP contribution is 2.34. The smallest absolute Gasteiger partial charge is 0.159 e. The fraction of sp³-hybridized carbons (Fsp3) is 0.190. The highest BCUT2D eigenvalue weighted by Gasteiger charge is 2.17. The van der Waals surface area contributed by atoms with E-state index in [2.05, 4.69) is 24.2 Å². The summed E-state index contributed by atoms with van der Waals surface area (Å²) < 4.78 is 3.85. The molecule has 4 rings (SSSR count). The lowest BCUT2D eigenvalue weighted by atomic mass is 9.97. The molecule has 0 amide bonds. The van der Waals surface area contributed by atoms with Gasteiger partial charge in [-0.1, -0.05) is 24.3 Å². The van der Waals surface area contributed by atoms with Crippen molar-refractivity contribution in [2.45, 2.75) is 20.8 Å². The molecule has 0 saturated heterocycles. The summed E-state index contributed by atoms with van der Waals surface area (Å²) in [6.07, 6.45) is 3.95. The summed E-state index contributed by atoms with van der Waals surface area (Å²) in [7, 11) is 1.93. The number of carbonyl (C=O) groups excluding carboxylic acids is 1. The van der Waals surface area contributed by atoms with Crippen LogP contribution in [0.25, 0.3) is 28.0 Å². The van der Waals surface area contributed by atoms with Crippen LogP contribution in [0, 0.1) is 13.8 Å². The maximum Gasteiger partial charge on any atom is 0.159 e. The summed E-state index contributed by atoms with van der Waals surface area (Å²) in [6, 6.07) is 11.9. The van der Waals surface area contributed by atoms with Crippen LogP contribution >= 0.6 is 0 Å². The van der Waals surface area contributed by atoms with E-state index in [-0.39, 0.29) is 5.78 Å². The van der Waals surface area contributed by atoms with Gasteiger partial charge in [0, 0.05) is 41.8 Å². The third-order valence-electron chi connectivity index (χ3n) is 4.76. The summed E-state index contributed by atoms with van der Waals surface area (Å²) >= 11 is 0. The van der Waals surface area contributed by atoms with Crippen molar-refractivity contribution >= 4 is 11.4 Å². The van der Waals surface area contributed by atoms with Gasteiger partial charge in [-0.15, -0.1) is 0 Å². The lowest BCUT2D eigenvalue weighted by Gasteiger charge is -2.07. The number of benzene rings is 1. The van der Waals surface area contributed by atoms with Crippen LogP contribution in [0.15, 0.2) is 48.8 Å². The predicted octanol–water partition coefficient (Wildman–Crippen LogP) is 4.22. The number of pyridine rings is 1. The highest BCUT2D eigenvalue weighted by molar-refractivity contribution is 5.95. The van der Waals surface area contributed by atoms with Crippen molar-refractivity contribution in [3.8, 4) is 22.4 Å². The number of Topliss-reactive ketones (excluding diaryl/α,β-unsaturated/α-hetero) is 1. The van der Waals surface area contributed by atoms with Crippen molar-refractivity contribution in [3.63, 3.8) is 0 Å². The number of imidazole rings is 1.